The molecule has 17 heavy (non-hydrogen) atoms. The van der Waals surface area contributed by atoms with E-state index in [9.17, 15) is 4.79 Å². The lowest BCUT2D eigenvalue weighted by molar-refractivity contribution is -0.120. The van der Waals surface area contributed by atoms with Crippen LogP contribution in [0.1, 0.15) is 0 Å². The van der Waals surface area contributed by atoms with Crippen LogP contribution >= 0.6 is 11.6 Å². The average Bonchev–Trinajstić information content (AvgIpc) is 2.35. The molecule has 3 N–H and O–H groups in total. The smallest absolute Gasteiger partial charge is 0.246 e. The maximum Gasteiger partial charge on any atom is 0.246 e. The molecular weight excluding hydrogens is 244 g/mol. The van der Waals surface area contributed by atoms with E-state index in [0.717, 1.165) is 0 Å². The van der Waals surface area contributed by atoms with Crippen LogP contribution in [0.15, 0.2) is 18.2 Å². The van der Waals surface area contributed by atoms with E-state index in [1.807, 2.05) is 0 Å². The number of aliphatic hydroxyl groups is 1. The van der Waals surface area contributed by atoms with Gasteiger partial charge in [0.05, 0.1) is 18.7 Å². The van der Waals surface area contributed by atoms with Gasteiger partial charge in [-0.1, -0.05) is 11.6 Å². The van der Waals surface area contributed by atoms with Crippen LogP contribution < -0.4 is 15.4 Å². The summed E-state index contributed by atoms with van der Waals surface area (Å²) in [5, 5.41) is 9.22. The molecule has 0 aliphatic rings. The van der Waals surface area contributed by atoms with Gasteiger partial charge in [-0.05, 0) is 18.2 Å². The zero-order valence-corrected chi connectivity index (χ0v) is 10.4. The number of hydrogen-bond donors (Lipinski definition) is 2. The number of nitrogens with zero attached hydrogens (tertiary/aromatic N) is 1. The van der Waals surface area contributed by atoms with Crippen molar-refractivity contribution in [2.75, 3.05) is 25.7 Å². The fourth-order valence-electron chi connectivity index (χ4n) is 1.32. The fourth-order valence-corrected chi connectivity index (χ4v) is 1.57. The summed E-state index contributed by atoms with van der Waals surface area (Å²) in [6, 6.07) is 4.02. The van der Waals surface area contributed by atoms with E-state index in [2.05, 4.69) is 0 Å². The molecule has 0 aliphatic carbocycles. The van der Waals surface area contributed by atoms with Gasteiger partial charge in [-0.25, -0.2) is 0 Å². The fraction of sp³-hybridized carbons (Fsp3) is 0.364. The van der Waals surface area contributed by atoms with Gasteiger partial charge in [0.15, 0.2) is 0 Å². The Bertz CT molecular complexity index is 412. The number of methoxy groups -OCH3 is 1. The first kappa shape index (κ1) is 13.8. The Labute approximate surface area is 105 Å². The molecule has 1 rings (SSSR count). The summed E-state index contributed by atoms with van der Waals surface area (Å²) in [5.74, 6) is 0.149. The Kier molecular flexibility index (Phi) is 4.74. The normalized spacial score (nSPS) is 12.1. The minimum Gasteiger partial charge on any atom is -0.495 e. The minimum atomic E-state index is -0.930. The van der Waals surface area contributed by atoms with Crippen molar-refractivity contribution in [2.45, 2.75) is 6.04 Å². The van der Waals surface area contributed by atoms with Gasteiger partial charge in [0, 0.05) is 12.7 Å². The van der Waals surface area contributed by atoms with Crippen LogP contribution in [0.5, 0.6) is 5.75 Å². The van der Waals surface area contributed by atoms with E-state index in [1.165, 1.54) is 12.0 Å². The molecule has 0 heterocycles. The molecule has 1 aromatic rings. The number of hydrogen-bond acceptors (Lipinski definition) is 4. The van der Waals surface area contributed by atoms with Gasteiger partial charge in [-0.3, -0.25) is 4.79 Å². The summed E-state index contributed by atoms with van der Waals surface area (Å²) in [6.07, 6.45) is 0. The molecule has 0 fully saturated rings. The van der Waals surface area contributed by atoms with Gasteiger partial charge in [0.2, 0.25) is 5.91 Å². The third kappa shape index (κ3) is 3.09. The quantitative estimate of drug-likeness (QED) is 0.831. The third-order valence-corrected chi connectivity index (χ3v) is 2.66. The molecule has 6 heteroatoms. The highest BCUT2D eigenvalue weighted by molar-refractivity contribution is 6.32. The van der Waals surface area contributed by atoms with E-state index in [4.69, 9.17) is 27.2 Å². The van der Waals surface area contributed by atoms with Crippen molar-refractivity contribution in [2.24, 2.45) is 5.73 Å². The Morgan fingerprint density at radius 3 is 2.76 bits per heavy atom. The van der Waals surface area contributed by atoms with E-state index in [0.29, 0.717) is 16.5 Å². The molecule has 0 radical (unpaired) electrons. The van der Waals surface area contributed by atoms with Gasteiger partial charge in [-0.2, -0.15) is 0 Å². The Morgan fingerprint density at radius 1 is 1.65 bits per heavy atom. The maximum absolute atomic E-state index is 11.7. The second kappa shape index (κ2) is 5.86. The van der Waals surface area contributed by atoms with Gasteiger partial charge in [-0.15, -0.1) is 0 Å². The van der Waals surface area contributed by atoms with Crippen LogP contribution in [0.2, 0.25) is 5.02 Å². The van der Waals surface area contributed by atoms with Crippen molar-refractivity contribution in [3.05, 3.63) is 23.2 Å². The number of rotatable bonds is 4. The molecule has 1 aromatic carbocycles. The monoisotopic (exact) mass is 258 g/mol. The number of halogens is 1. The number of amides is 1. The summed E-state index contributed by atoms with van der Waals surface area (Å²) in [7, 11) is 3.08. The maximum atomic E-state index is 11.7. The largest absolute Gasteiger partial charge is 0.495 e. The summed E-state index contributed by atoms with van der Waals surface area (Å²) in [4.78, 5) is 13.0. The van der Waals surface area contributed by atoms with Crippen LogP contribution in [0.4, 0.5) is 5.69 Å². The number of benzene rings is 1. The first-order valence-electron chi connectivity index (χ1n) is 4.98. The lowest BCUT2D eigenvalue weighted by atomic mass is 10.2. The van der Waals surface area contributed by atoms with Gasteiger partial charge in [0.25, 0.3) is 0 Å². The van der Waals surface area contributed by atoms with Crippen LogP contribution in [-0.4, -0.2) is 37.8 Å². The summed E-state index contributed by atoms with van der Waals surface area (Å²) in [6.45, 7) is -0.396. The predicted octanol–water partition coefficient (Wildman–Crippen LogP) is 0.631. The molecule has 1 atom stereocenters. The Morgan fingerprint density at radius 2 is 2.29 bits per heavy atom. The van der Waals surface area contributed by atoms with E-state index in [-0.39, 0.29) is 5.91 Å². The number of aliphatic hydroxyl groups excluding tert-OH is 1. The summed E-state index contributed by atoms with van der Waals surface area (Å²) >= 11 is 5.95. The highest BCUT2D eigenvalue weighted by atomic mass is 35.5. The van der Waals surface area contributed by atoms with E-state index < -0.39 is 12.6 Å². The Balaban J connectivity index is 2.93. The molecule has 0 saturated heterocycles. The lowest BCUT2D eigenvalue weighted by Crippen LogP contribution is -2.44. The molecular formula is C11H15ClN2O3. The van der Waals surface area contributed by atoms with Crippen molar-refractivity contribution in [3.8, 4) is 5.75 Å². The number of anilines is 1. The van der Waals surface area contributed by atoms with Crippen LogP contribution in [0.25, 0.3) is 0 Å². The third-order valence-electron chi connectivity index (χ3n) is 2.37. The molecule has 0 bridgehead atoms. The molecule has 0 aromatic heterocycles. The second-order valence-electron chi connectivity index (χ2n) is 3.51. The summed E-state index contributed by atoms with van der Waals surface area (Å²) < 4.78 is 5.01. The lowest BCUT2D eigenvalue weighted by Gasteiger charge is -2.20. The molecule has 0 spiro atoms. The van der Waals surface area contributed by atoms with Crippen molar-refractivity contribution in [1.82, 2.24) is 0 Å². The van der Waals surface area contributed by atoms with Gasteiger partial charge >= 0.3 is 0 Å². The van der Waals surface area contributed by atoms with E-state index >= 15 is 0 Å². The molecule has 5 nitrogen and oxygen atoms in total. The number of carbonyl (C=O) groups is 1. The molecule has 1 amide bonds. The SMILES string of the molecule is COc1ccc(N(C)C(=O)C(N)CO)cc1Cl. The predicted molar refractivity (Wildman–Crippen MR) is 66.5 cm³/mol. The zero-order valence-electron chi connectivity index (χ0n) is 9.68. The number of ether oxygens (including phenoxy) is 1. The highest BCUT2D eigenvalue weighted by Crippen LogP contribution is 2.28. The van der Waals surface area contributed by atoms with Crippen LogP contribution in [-0.2, 0) is 4.79 Å². The molecule has 0 saturated carbocycles. The second-order valence-corrected chi connectivity index (χ2v) is 3.91. The van der Waals surface area contributed by atoms with Crippen molar-refractivity contribution in [1.29, 1.82) is 0 Å². The van der Waals surface area contributed by atoms with Crippen molar-refractivity contribution in [3.63, 3.8) is 0 Å². The standard InChI is InChI=1S/C11H15ClN2O3/c1-14(11(16)9(13)6-15)7-3-4-10(17-2)8(12)5-7/h3-5,9,15H,6,13H2,1-2H3. The zero-order chi connectivity index (χ0) is 13.0. The number of nitrogens with two attached hydrogens (primary N) is 1. The topological polar surface area (TPSA) is 75.8 Å². The van der Waals surface area contributed by atoms with Crippen LogP contribution in [0, 0.1) is 0 Å². The highest BCUT2D eigenvalue weighted by Gasteiger charge is 2.18. The molecule has 1 unspecified atom stereocenters. The first-order valence-corrected chi connectivity index (χ1v) is 5.36. The number of carbonyl (C=O) groups excluding carboxylic acids is 1. The van der Waals surface area contributed by atoms with Crippen LogP contribution in [0.3, 0.4) is 0 Å². The number of likely N-dealkylation sites (N-methyl/N-ethyl adjacent to an activating group) is 1. The first-order chi connectivity index (χ1) is 8.01. The Hall–Kier alpha value is -1.30. The molecule has 94 valence electrons. The van der Waals surface area contributed by atoms with Crippen molar-refractivity contribution >= 4 is 23.2 Å². The summed E-state index contributed by atoms with van der Waals surface area (Å²) in [5.41, 5.74) is 6.04. The van der Waals surface area contributed by atoms with E-state index in [1.54, 1.807) is 25.2 Å². The van der Waals surface area contributed by atoms with Gasteiger partial charge in [0.1, 0.15) is 11.8 Å². The minimum absolute atomic E-state index is 0.381. The average molecular weight is 259 g/mol. The van der Waals surface area contributed by atoms with Crippen molar-refractivity contribution < 1.29 is 14.6 Å². The van der Waals surface area contributed by atoms with Gasteiger partial charge < -0.3 is 20.5 Å². The molecule has 0 aliphatic heterocycles.